The third-order valence-corrected chi connectivity index (χ3v) is 4.65. The van der Waals surface area contributed by atoms with Gasteiger partial charge in [0.05, 0.1) is 6.42 Å². The Labute approximate surface area is 127 Å². The molecule has 1 aliphatic carbocycles. The largest absolute Gasteiger partial charge is 0.481 e. The number of carbonyl (C=O) groups is 2. The molecule has 2 aliphatic rings. The van der Waals surface area contributed by atoms with Gasteiger partial charge in [-0.2, -0.15) is 0 Å². The first-order chi connectivity index (χ1) is 9.97. The first-order valence-corrected chi connectivity index (χ1v) is 8.24. The molecule has 0 aromatic carbocycles. The Hall–Kier alpha value is -1.26. The third-order valence-electron chi connectivity index (χ3n) is 4.65. The second kappa shape index (κ2) is 7.14. The quantitative estimate of drug-likeness (QED) is 0.820. The van der Waals surface area contributed by atoms with Crippen molar-refractivity contribution >= 4 is 12.0 Å². The van der Waals surface area contributed by atoms with Crippen LogP contribution in [0, 0.1) is 11.8 Å². The summed E-state index contributed by atoms with van der Waals surface area (Å²) in [5.41, 5.74) is 0. The van der Waals surface area contributed by atoms with Gasteiger partial charge in [-0.15, -0.1) is 0 Å². The number of hydrogen-bond donors (Lipinski definition) is 1. The lowest BCUT2D eigenvalue weighted by molar-refractivity contribution is -0.139. The van der Waals surface area contributed by atoms with E-state index in [0.717, 1.165) is 25.8 Å². The average Bonchev–Trinajstić information content (AvgIpc) is 2.86. The van der Waals surface area contributed by atoms with Gasteiger partial charge in [-0.05, 0) is 25.2 Å². The molecule has 2 fully saturated rings. The Balaban J connectivity index is 1.87. The molecule has 2 rings (SSSR count). The molecule has 0 unspecified atom stereocenters. The van der Waals surface area contributed by atoms with Gasteiger partial charge in [-0.25, -0.2) is 4.79 Å². The third kappa shape index (κ3) is 4.35. The molecule has 5 heteroatoms. The molecule has 1 aliphatic heterocycles. The topological polar surface area (TPSA) is 60.9 Å². The maximum absolute atomic E-state index is 12.7. The first kappa shape index (κ1) is 16.1. The molecule has 0 bridgehead atoms. The van der Waals surface area contributed by atoms with Crippen LogP contribution in [0.2, 0.25) is 0 Å². The summed E-state index contributed by atoms with van der Waals surface area (Å²) in [5, 5.41) is 8.79. The number of carbonyl (C=O) groups excluding carboxylic acids is 1. The highest BCUT2D eigenvalue weighted by Gasteiger charge is 2.37. The summed E-state index contributed by atoms with van der Waals surface area (Å²) >= 11 is 0. The van der Waals surface area contributed by atoms with Gasteiger partial charge in [0.25, 0.3) is 0 Å². The highest BCUT2D eigenvalue weighted by atomic mass is 16.4. The van der Waals surface area contributed by atoms with Gasteiger partial charge in [0, 0.05) is 31.6 Å². The maximum atomic E-state index is 12.7. The van der Waals surface area contributed by atoms with Crippen molar-refractivity contribution in [3.8, 4) is 0 Å². The van der Waals surface area contributed by atoms with Crippen molar-refractivity contribution in [2.24, 2.45) is 11.8 Å². The van der Waals surface area contributed by atoms with Crippen molar-refractivity contribution in [3.05, 3.63) is 0 Å². The summed E-state index contributed by atoms with van der Waals surface area (Å²) in [4.78, 5) is 27.2. The minimum atomic E-state index is -0.764. The van der Waals surface area contributed by atoms with Crippen molar-refractivity contribution in [3.63, 3.8) is 0 Å². The zero-order chi connectivity index (χ0) is 15.4. The van der Waals surface area contributed by atoms with Crippen molar-refractivity contribution in [2.75, 3.05) is 19.6 Å². The van der Waals surface area contributed by atoms with E-state index in [2.05, 4.69) is 18.7 Å². The Morgan fingerprint density at radius 1 is 1.24 bits per heavy atom. The molecule has 1 saturated heterocycles. The number of carboxylic acid groups (broad SMARTS) is 1. The fourth-order valence-electron chi connectivity index (χ4n) is 3.33. The van der Waals surface area contributed by atoms with Crippen LogP contribution in [0.25, 0.3) is 0 Å². The van der Waals surface area contributed by atoms with Crippen LogP contribution in [0.1, 0.15) is 52.4 Å². The Morgan fingerprint density at radius 3 is 2.38 bits per heavy atom. The molecule has 0 spiro atoms. The molecule has 0 aromatic heterocycles. The van der Waals surface area contributed by atoms with Crippen LogP contribution in [0.4, 0.5) is 4.79 Å². The number of amides is 2. The van der Waals surface area contributed by atoms with Crippen LogP contribution in [0.3, 0.4) is 0 Å². The fraction of sp³-hybridized carbons (Fsp3) is 0.875. The van der Waals surface area contributed by atoms with Crippen molar-refractivity contribution in [2.45, 2.75) is 58.4 Å². The Kier molecular flexibility index (Phi) is 5.48. The van der Waals surface area contributed by atoms with Gasteiger partial charge in [0.2, 0.25) is 0 Å². The number of urea groups is 1. The number of rotatable bonds is 6. The van der Waals surface area contributed by atoms with Crippen LogP contribution >= 0.6 is 0 Å². The van der Waals surface area contributed by atoms with Crippen LogP contribution in [0.5, 0.6) is 0 Å². The molecule has 0 aromatic rings. The minimum absolute atomic E-state index is 0.129. The summed E-state index contributed by atoms with van der Waals surface area (Å²) in [6, 6.07) is 0.527. The molecule has 2 amide bonds. The highest BCUT2D eigenvalue weighted by molar-refractivity contribution is 5.76. The summed E-state index contributed by atoms with van der Waals surface area (Å²) in [6.45, 7) is 6.42. The van der Waals surface area contributed by atoms with Crippen LogP contribution in [-0.4, -0.2) is 52.6 Å². The minimum Gasteiger partial charge on any atom is -0.481 e. The summed E-state index contributed by atoms with van der Waals surface area (Å²) in [5.74, 6) is -0.0283. The molecule has 120 valence electrons. The second-order valence-corrected chi connectivity index (χ2v) is 6.97. The number of hydrogen-bond acceptors (Lipinski definition) is 2. The predicted octanol–water partition coefficient (Wildman–Crippen LogP) is 2.80. The van der Waals surface area contributed by atoms with E-state index < -0.39 is 5.97 Å². The van der Waals surface area contributed by atoms with E-state index in [0.29, 0.717) is 25.0 Å². The van der Waals surface area contributed by atoms with Crippen LogP contribution < -0.4 is 0 Å². The first-order valence-electron chi connectivity index (χ1n) is 8.24. The summed E-state index contributed by atoms with van der Waals surface area (Å²) in [7, 11) is 0. The fourth-order valence-corrected chi connectivity index (χ4v) is 3.33. The van der Waals surface area contributed by atoms with Gasteiger partial charge in [0.15, 0.2) is 0 Å². The number of carboxylic acids is 1. The van der Waals surface area contributed by atoms with E-state index in [1.54, 1.807) is 0 Å². The van der Waals surface area contributed by atoms with Gasteiger partial charge >= 0.3 is 12.0 Å². The number of likely N-dealkylation sites (tertiary alicyclic amines) is 1. The van der Waals surface area contributed by atoms with Crippen LogP contribution in [0.15, 0.2) is 0 Å². The predicted molar refractivity (Wildman–Crippen MR) is 81.1 cm³/mol. The zero-order valence-electron chi connectivity index (χ0n) is 13.3. The average molecular weight is 296 g/mol. The monoisotopic (exact) mass is 296 g/mol. The normalized spacial score (nSPS) is 19.9. The smallest absolute Gasteiger partial charge is 0.320 e. The maximum Gasteiger partial charge on any atom is 0.320 e. The molecule has 0 atom stereocenters. The van der Waals surface area contributed by atoms with Gasteiger partial charge in [-0.1, -0.05) is 26.7 Å². The lowest BCUT2D eigenvalue weighted by atomic mass is 9.97. The Morgan fingerprint density at radius 2 is 1.86 bits per heavy atom. The molecule has 1 heterocycles. The standard InChI is InChI=1S/C16H28N2O3/c1-12(2)7-8-18(14-5-3-4-6-14)16(21)17-10-13(11-17)9-15(19)20/h12-14H,3-11H2,1-2H3,(H,19,20). The van der Waals surface area contributed by atoms with E-state index in [1.807, 2.05) is 4.90 Å². The van der Waals surface area contributed by atoms with Gasteiger partial charge in [0.1, 0.15) is 0 Å². The van der Waals surface area contributed by atoms with E-state index >= 15 is 0 Å². The number of nitrogens with zero attached hydrogens (tertiary/aromatic N) is 2. The molecule has 0 radical (unpaired) electrons. The van der Waals surface area contributed by atoms with E-state index in [1.165, 1.54) is 12.8 Å². The molecule has 1 saturated carbocycles. The van der Waals surface area contributed by atoms with Crippen molar-refractivity contribution in [1.82, 2.24) is 9.80 Å². The van der Waals surface area contributed by atoms with E-state index in [9.17, 15) is 9.59 Å². The van der Waals surface area contributed by atoms with Crippen LogP contribution in [-0.2, 0) is 4.79 Å². The van der Waals surface area contributed by atoms with E-state index in [4.69, 9.17) is 5.11 Å². The van der Waals surface area contributed by atoms with E-state index in [-0.39, 0.29) is 18.4 Å². The molecule has 5 nitrogen and oxygen atoms in total. The SMILES string of the molecule is CC(C)CCN(C(=O)N1CC(CC(=O)O)C1)C1CCCC1. The second-order valence-electron chi connectivity index (χ2n) is 6.97. The molecular formula is C16H28N2O3. The lowest BCUT2D eigenvalue weighted by Crippen LogP contribution is -2.57. The lowest BCUT2D eigenvalue weighted by Gasteiger charge is -2.43. The Bertz CT molecular complexity index is 372. The summed E-state index contributed by atoms with van der Waals surface area (Å²) < 4.78 is 0. The molecule has 1 N–H and O–H groups in total. The summed E-state index contributed by atoms with van der Waals surface area (Å²) in [6.07, 6.45) is 5.90. The number of aliphatic carboxylic acids is 1. The molecule has 21 heavy (non-hydrogen) atoms. The molecular weight excluding hydrogens is 268 g/mol. The van der Waals surface area contributed by atoms with Gasteiger partial charge in [-0.3, -0.25) is 4.79 Å². The zero-order valence-corrected chi connectivity index (χ0v) is 13.3. The van der Waals surface area contributed by atoms with Crippen molar-refractivity contribution < 1.29 is 14.7 Å². The van der Waals surface area contributed by atoms with Crippen molar-refractivity contribution in [1.29, 1.82) is 0 Å². The highest BCUT2D eigenvalue weighted by Crippen LogP contribution is 2.28. The van der Waals surface area contributed by atoms with Gasteiger partial charge < -0.3 is 14.9 Å².